The molecule has 1 aromatic heterocycles. The number of nitrogens with one attached hydrogen (secondary N) is 1. The first-order valence-corrected chi connectivity index (χ1v) is 9.77. The second-order valence-electron chi connectivity index (χ2n) is 8.26. The molecule has 1 N–H and O–H groups in total. The Morgan fingerprint density at radius 3 is 2.39 bits per heavy atom. The Balaban J connectivity index is 1.67. The van der Waals surface area contributed by atoms with E-state index in [2.05, 4.69) is 26.2 Å². The summed E-state index contributed by atoms with van der Waals surface area (Å²) in [5.41, 5.74) is 1.73. The van der Waals surface area contributed by atoms with Crippen molar-refractivity contribution in [1.29, 1.82) is 0 Å². The van der Waals surface area contributed by atoms with Crippen molar-refractivity contribution in [2.45, 2.75) is 26.8 Å². The van der Waals surface area contributed by atoms with Crippen LogP contribution in [0.1, 0.15) is 32.4 Å². The van der Waals surface area contributed by atoms with E-state index in [1.807, 2.05) is 45.2 Å². The molecular formula is C22H29FN4O. The number of carbonyl (C=O) groups is 1. The van der Waals surface area contributed by atoms with Crippen LogP contribution in [0.25, 0.3) is 0 Å². The first-order valence-electron chi connectivity index (χ1n) is 9.77. The van der Waals surface area contributed by atoms with Crippen molar-refractivity contribution in [2.24, 2.45) is 5.41 Å². The lowest BCUT2D eigenvalue weighted by atomic mass is 9.95. The van der Waals surface area contributed by atoms with Crippen molar-refractivity contribution in [3.8, 4) is 0 Å². The predicted molar refractivity (Wildman–Crippen MR) is 110 cm³/mol. The lowest BCUT2D eigenvalue weighted by Gasteiger charge is -2.40. The van der Waals surface area contributed by atoms with E-state index in [1.54, 1.807) is 6.20 Å². The number of anilines is 1. The Labute approximate surface area is 166 Å². The molecule has 1 aliphatic rings. The molecule has 0 bridgehead atoms. The minimum atomic E-state index is -0.416. The zero-order valence-corrected chi connectivity index (χ0v) is 16.9. The minimum absolute atomic E-state index is 0.0475. The third-order valence-corrected chi connectivity index (χ3v) is 5.15. The average Bonchev–Trinajstić information content (AvgIpc) is 2.69. The minimum Gasteiger partial charge on any atom is -0.369 e. The van der Waals surface area contributed by atoms with Gasteiger partial charge < -0.3 is 10.2 Å². The summed E-state index contributed by atoms with van der Waals surface area (Å²) in [4.78, 5) is 21.3. The summed E-state index contributed by atoms with van der Waals surface area (Å²) in [6.45, 7) is 9.75. The van der Waals surface area contributed by atoms with E-state index in [-0.39, 0.29) is 17.8 Å². The van der Waals surface area contributed by atoms with Crippen LogP contribution in [-0.2, 0) is 4.79 Å². The second kappa shape index (κ2) is 8.69. The highest BCUT2D eigenvalue weighted by molar-refractivity contribution is 5.81. The monoisotopic (exact) mass is 384 g/mol. The topological polar surface area (TPSA) is 48.5 Å². The van der Waals surface area contributed by atoms with Crippen LogP contribution in [0.4, 0.5) is 10.1 Å². The number of piperazine rings is 1. The Bertz CT molecular complexity index is 765. The number of aromatic nitrogens is 1. The number of halogens is 1. The molecule has 1 atom stereocenters. The van der Waals surface area contributed by atoms with Crippen molar-refractivity contribution in [3.05, 3.63) is 60.2 Å². The number of benzene rings is 1. The quantitative estimate of drug-likeness (QED) is 0.860. The smallest absolute Gasteiger partial charge is 0.225 e. The summed E-state index contributed by atoms with van der Waals surface area (Å²) in [5, 5.41) is 3.10. The van der Waals surface area contributed by atoms with Crippen LogP contribution in [0.15, 0.2) is 48.8 Å². The SMILES string of the molecule is CC(C)(C)C(=O)NC[C@H](c1cccnc1)N1CCN(c2ccc(F)cc2)CC1. The number of carbonyl (C=O) groups excluding carboxylic acids is 1. The van der Waals surface area contributed by atoms with E-state index in [9.17, 15) is 9.18 Å². The van der Waals surface area contributed by atoms with E-state index in [4.69, 9.17) is 0 Å². The highest BCUT2D eigenvalue weighted by Gasteiger charge is 2.28. The lowest BCUT2D eigenvalue weighted by Crippen LogP contribution is -2.50. The Morgan fingerprint density at radius 1 is 1.14 bits per heavy atom. The zero-order valence-electron chi connectivity index (χ0n) is 16.9. The standard InChI is InChI=1S/C22H29FN4O/c1-22(2,3)21(28)25-16-20(17-5-4-10-24-15-17)27-13-11-26(12-14-27)19-8-6-18(23)7-9-19/h4-10,15,20H,11-14,16H2,1-3H3,(H,25,28)/t20-/m1/s1. The first-order chi connectivity index (χ1) is 13.3. The summed E-state index contributed by atoms with van der Waals surface area (Å²) >= 11 is 0. The van der Waals surface area contributed by atoms with E-state index in [0.29, 0.717) is 6.54 Å². The van der Waals surface area contributed by atoms with Crippen molar-refractivity contribution < 1.29 is 9.18 Å². The molecule has 0 radical (unpaired) electrons. The van der Waals surface area contributed by atoms with E-state index < -0.39 is 5.41 Å². The van der Waals surface area contributed by atoms with Gasteiger partial charge in [-0.3, -0.25) is 14.7 Å². The van der Waals surface area contributed by atoms with Crippen LogP contribution in [0.5, 0.6) is 0 Å². The number of pyridine rings is 1. The summed E-state index contributed by atoms with van der Waals surface area (Å²) in [5.74, 6) is -0.167. The number of amides is 1. The van der Waals surface area contributed by atoms with E-state index in [0.717, 1.165) is 37.4 Å². The maximum Gasteiger partial charge on any atom is 0.225 e. The van der Waals surface area contributed by atoms with Crippen molar-refractivity contribution >= 4 is 11.6 Å². The summed E-state index contributed by atoms with van der Waals surface area (Å²) in [6.07, 6.45) is 3.64. The molecule has 28 heavy (non-hydrogen) atoms. The predicted octanol–water partition coefficient (Wildman–Crippen LogP) is 3.25. The molecule has 2 heterocycles. The fourth-order valence-electron chi connectivity index (χ4n) is 3.43. The van der Waals surface area contributed by atoms with Crippen LogP contribution < -0.4 is 10.2 Å². The van der Waals surface area contributed by atoms with Gasteiger partial charge in [0.05, 0.1) is 6.04 Å². The molecule has 0 spiro atoms. The molecule has 150 valence electrons. The fraction of sp³-hybridized carbons (Fsp3) is 0.455. The van der Waals surface area contributed by atoms with Gasteiger partial charge in [-0.2, -0.15) is 0 Å². The van der Waals surface area contributed by atoms with Crippen LogP contribution >= 0.6 is 0 Å². The lowest BCUT2D eigenvalue weighted by molar-refractivity contribution is -0.128. The summed E-state index contributed by atoms with van der Waals surface area (Å²) in [6, 6.07) is 10.7. The van der Waals surface area contributed by atoms with Crippen LogP contribution in [0.3, 0.4) is 0 Å². The van der Waals surface area contributed by atoms with Gasteiger partial charge in [0.1, 0.15) is 5.82 Å². The molecule has 0 saturated carbocycles. The molecular weight excluding hydrogens is 355 g/mol. The highest BCUT2D eigenvalue weighted by atomic mass is 19.1. The first kappa shape index (κ1) is 20.3. The van der Waals surface area contributed by atoms with Crippen molar-refractivity contribution in [1.82, 2.24) is 15.2 Å². The third kappa shape index (κ3) is 5.07. The fourth-order valence-corrected chi connectivity index (χ4v) is 3.43. The Kier molecular flexibility index (Phi) is 6.29. The van der Waals surface area contributed by atoms with Crippen LogP contribution in [-0.4, -0.2) is 48.5 Å². The van der Waals surface area contributed by atoms with Gasteiger partial charge in [-0.1, -0.05) is 26.8 Å². The molecule has 6 heteroatoms. The van der Waals surface area contributed by atoms with Gasteiger partial charge in [0, 0.05) is 56.2 Å². The largest absolute Gasteiger partial charge is 0.369 e. The zero-order chi connectivity index (χ0) is 20.1. The number of hydrogen-bond acceptors (Lipinski definition) is 4. The number of rotatable bonds is 5. The number of hydrogen-bond donors (Lipinski definition) is 1. The van der Waals surface area contributed by atoms with E-state index >= 15 is 0 Å². The van der Waals surface area contributed by atoms with Gasteiger partial charge in [0.25, 0.3) is 0 Å². The van der Waals surface area contributed by atoms with Gasteiger partial charge in [-0.05, 0) is 35.9 Å². The van der Waals surface area contributed by atoms with E-state index in [1.165, 1.54) is 12.1 Å². The Hall–Kier alpha value is -2.47. The molecule has 0 aliphatic carbocycles. The molecule has 1 fully saturated rings. The van der Waals surface area contributed by atoms with Gasteiger partial charge in [-0.15, -0.1) is 0 Å². The van der Waals surface area contributed by atoms with Gasteiger partial charge >= 0.3 is 0 Å². The highest BCUT2D eigenvalue weighted by Crippen LogP contribution is 2.24. The van der Waals surface area contributed by atoms with Crippen molar-refractivity contribution in [3.63, 3.8) is 0 Å². The Morgan fingerprint density at radius 2 is 1.82 bits per heavy atom. The molecule has 0 unspecified atom stereocenters. The average molecular weight is 384 g/mol. The second-order valence-corrected chi connectivity index (χ2v) is 8.26. The molecule has 2 aromatic rings. The normalized spacial score (nSPS) is 16.6. The van der Waals surface area contributed by atoms with Gasteiger partial charge in [-0.25, -0.2) is 4.39 Å². The maximum atomic E-state index is 13.2. The molecule has 5 nitrogen and oxygen atoms in total. The molecule has 1 aromatic carbocycles. The van der Waals surface area contributed by atoms with Crippen LogP contribution in [0.2, 0.25) is 0 Å². The summed E-state index contributed by atoms with van der Waals surface area (Å²) < 4.78 is 13.2. The number of nitrogens with zero attached hydrogens (tertiary/aromatic N) is 3. The van der Waals surface area contributed by atoms with Crippen LogP contribution in [0, 0.1) is 11.2 Å². The maximum absolute atomic E-state index is 13.2. The van der Waals surface area contributed by atoms with Crippen molar-refractivity contribution in [2.75, 3.05) is 37.6 Å². The van der Waals surface area contributed by atoms with Gasteiger partial charge in [0.2, 0.25) is 5.91 Å². The summed E-state index contributed by atoms with van der Waals surface area (Å²) in [7, 11) is 0. The molecule has 1 saturated heterocycles. The third-order valence-electron chi connectivity index (χ3n) is 5.15. The van der Waals surface area contributed by atoms with Gasteiger partial charge in [0.15, 0.2) is 0 Å². The molecule has 1 amide bonds. The molecule has 3 rings (SSSR count). The molecule has 1 aliphatic heterocycles.